The van der Waals surface area contributed by atoms with Crippen LogP contribution in [0, 0.1) is 11.7 Å². The summed E-state index contributed by atoms with van der Waals surface area (Å²) in [6.07, 6.45) is 3.43. The monoisotopic (exact) mass is 276 g/mol. The molecule has 1 heterocycles. The highest BCUT2D eigenvalue weighted by Gasteiger charge is 2.19. The minimum atomic E-state index is -0.176. The standard InChI is InChI=1S/C16H21FN2O/c1-2-16(20)18-11-13-6-8-19(9-7-13)12-14-4-3-5-15(17)10-14/h2-5,10,13H,1,6-9,11-12H2,(H,18,20). The van der Waals surface area contributed by atoms with Gasteiger partial charge in [0.05, 0.1) is 0 Å². The summed E-state index contributed by atoms with van der Waals surface area (Å²) in [5.41, 5.74) is 1.02. The maximum atomic E-state index is 13.1. The second kappa shape index (κ2) is 7.20. The van der Waals surface area contributed by atoms with Crippen LogP contribution in [0.2, 0.25) is 0 Å². The zero-order valence-electron chi connectivity index (χ0n) is 11.6. The quantitative estimate of drug-likeness (QED) is 0.837. The molecule has 1 saturated heterocycles. The van der Waals surface area contributed by atoms with Crippen molar-refractivity contribution in [3.8, 4) is 0 Å². The Morgan fingerprint density at radius 1 is 1.45 bits per heavy atom. The van der Waals surface area contributed by atoms with Crippen LogP contribution in [0.5, 0.6) is 0 Å². The SMILES string of the molecule is C=CC(=O)NCC1CCN(Cc2cccc(F)c2)CC1. The molecule has 1 fully saturated rings. The van der Waals surface area contributed by atoms with Crippen LogP contribution in [0.1, 0.15) is 18.4 Å². The Morgan fingerprint density at radius 2 is 2.20 bits per heavy atom. The second-order valence-electron chi connectivity index (χ2n) is 5.30. The minimum absolute atomic E-state index is 0.104. The molecule has 4 heteroatoms. The van der Waals surface area contributed by atoms with Gasteiger partial charge in [-0.15, -0.1) is 0 Å². The maximum Gasteiger partial charge on any atom is 0.243 e. The van der Waals surface area contributed by atoms with Crippen LogP contribution in [0.15, 0.2) is 36.9 Å². The lowest BCUT2D eigenvalue weighted by atomic mass is 9.96. The average molecular weight is 276 g/mol. The van der Waals surface area contributed by atoms with Gasteiger partial charge in [0.25, 0.3) is 0 Å². The van der Waals surface area contributed by atoms with Crippen molar-refractivity contribution in [2.75, 3.05) is 19.6 Å². The molecule has 1 amide bonds. The molecule has 2 rings (SSSR count). The van der Waals surface area contributed by atoms with Gasteiger partial charge >= 0.3 is 0 Å². The van der Waals surface area contributed by atoms with Crippen molar-refractivity contribution in [1.29, 1.82) is 0 Å². The van der Waals surface area contributed by atoms with Crippen molar-refractivity contribution in [3.05, 3.63) is 48.3 Å². The predicted octanol–water partition coefficient (Wildman–Crippen LogP) is 2.34. The van der Waals surface area contributed by atoms with E-state index in [4.69, 9.17) is 0 Å². The first-order chi connectivity index (χ1) is 9.67. The summed E-state index contributed by atoms with van der Waals surface area (Å²) in [4.78, 5) is 13.5. The van der Waals surface area contributed by atoms with Gasteiger partial charge in [-0.2, -0.15) is 0 Å². The second-order valence-corrected chi connectivity index (χ2v) is 5.30. The van der Waals surface area contributed by atoms with Crippen LogP contribution < -0.4 is 5.32 Å². The van der Waals surface area contributed by atoms with Crippen LogP contribution in [-0.4, -0.2) is 30.4 Å². The van der Waals surface area contributed by atoms with E-state index in [1.165, 1.54) is 12.1 Å². The predicted molar refractivity (Wildman–Crippen MR) is 77.6 cm³/mol. The molecule has 0 bridgehead atoms. The third kappa shape index (κ3) is 4.46. The van der Waals surface area contributed by atoms with Gasteiger partial charge in [0.15, 0.2) is 0 Å². The molecular formula is C16H21FN2O. The molecule has 1 N–H and O–H groups in total. The zero-order chi connectivity index (χ0) is 14.4. The van der Waals surface area contributed by atoms with Crippen molar-refractivity contribution in [1.82, 2.24) is 10.2 Å². The molecule has 0 aromatic heterocycles. The molecule has 20 heavy (non-hydrogen) atoms. The zero-order valence-corrected chi connectivity index (χ0v) is 11.6. The summed E-state index contributed by atoms with van der Waals surface area (Å²) >= 11 is 0. The van der Waals surface area contributed by atoms with Gasteiger partial charge in [-0.1, -0.05) is 18.7 Å². The van der Waals surface area contributed by atoms with E-state index in [2.05, 4.69) is 16.8 Å². The summed E-state index contributed by atoms with van der Waals surface area (Å²) in [6.45, 7) is 6.94. The highest BCUT2D eigenvalue weighted by Crippen LogP contribution is 2.18. The van der Waals surface area contributed by atoms with Crippen molar-refractivity contribution < 1.29 is 9.18 Å². The Balaban J connectivity index is 1.74. The number of hydrogen-bond acceptors (Lipinski definition) is 2. The minimum Gasteiger partial charge on any atom is -0.352 e. The molecular weight excluding hydrogens is 255 g/mol. The molecule has 0 radical (unpaired) electrons. The Kier molecular flexibility index (Phi) is 5.30. The molecule has 0 aliphatic carbocycles. The van der Waals surface area contributed by atoms with Crippen LogP contribution in [-0.2, 0) is 11.3 Å². The van der Waals surface area contributed by atoms with Crippen molar-refractivity contribution in [3.63, 3.8) is 0 Å². The number of benzene rings is 1. The van der Waals surface area contributed by atoms with Gasteiger partial charge in [-0.05, 0) is 55.6 Å². The fraction of sp³-hybridized carbons (Fsp3) is 0.438. The number of piperidine rings is 1. The van der Waals surface area contributed by atoms with Crippen molar-refractivity contribution >= 4 is 5.91 Å². The third-order valence-corrected chi connectivity index (χ3v) is 3.75. The topological polar surface area (TPSA) is 32.3 Å². The number of carbonyl (C=O) groups excluding carboxylic acids is 1. The summed E-state index contributed by atoms with van der Waals surface area (Å²) in [5.74, 6) is 0.249. The van der Waals surface area contributed by atoms with E-state index in [9.17, 15) is 9.18 Å². The average Bonchev–Trinajstić information content (AvgIpc) is 2.46. The van der Waals surface area contributed by atoms with Crippen LogP contribution >= 0.6 is 0 Å². The Labute approximate surface area is 119 Å². The van der Waals surface area contributed by atoms with Crippen LogP contribution in [0.3, 0.4) is 0 Å². The molecule has 1 aliphatic heterocycles. The highest BCUT2D eigenvalue weighted by atomic mass is 19.1. The van der Waals surface area contributed by atoms with E-state index in [0.29, 0.717) is 5.92 Å². The number of rotatable bonds is 5. The molecule has 0 atom stereocenters. The maximum absolute atomic E-state index is 13.1. The number of halogens is 1. The van der Waals surface area contributed by atoms with Gasteiger partial charge < -0.3 is 5.32 Å². The lowest BCUT2D eigenvalue weighted by Crippen LogP contribution is -2.37. The summed E-state index contributed by atoms with van der Waals surface area (Å²) in [6, 6.07) is 6.77. The molecule has 0 unspecified atom stereocenters. The third-order valence-electron chi connectivity index (χ3n) is 3.75. The van der Waals surface area contributed by atoms with Crippen molar-refractivity contribution in [2.24, 2.45) is 5.92 Å². The van der Waals surface area contributed by atoms with E-state index >= 15 is 0 Å². The van der Waals surface area contributed by atoms with E-state index in [1.807, 2.05) is 6.07 Å². The molecule has 1 aromatic rings. The van der Waals surface area contributed by atoms with Crippen LogP contribution in [0.4, 0.5) is 4.39 Å². The number of amides is 1. The number of carbonyl (C=O) groups is 1. The Hall–Kier alpha value is -1.68. The number of likely N-dealkylation sites (tertiary alicyclic amines) is 1. The summed E-state index contributed by atoms with van der Waals surface area (Å²) in [7, 11) is 0. The van der Waals surface area contributed by atoms with Crippen molar-refractivity contribution in [2.45, 2.75) is 19.4 Å². The first kappa shape index (κ1) is 14.7. The number of nitrogens with one attached hydrogen (secondary N) is 1. The lowest BCUT2D eigenvalue weighted by Gasteiger charge is -2.32. The largest absolute Gasteiger partial charge is 0.352 e. The van der Waals surface area contributed by atoms with Gasteiger partial charge in [0.2, 0.25) is 5.91 Å². The lowest BCUT2D eigenvalue weighted by molar-refractivity contribution is -0.116. The molecule has 3 nitrogen and oxygen atoms in total. The number of nitrogens with zero attached hydrogens (tertiary/aromatic N) is 1. The van der Waals surface area contributed by atoms with E-state index in [1.54, 1.807) is 12.1 Å². The van der Waals surface area contributed by atoms with Gasteiger partial charge in [-0.3, -0.25) is 9.69 Å². The molecule has 0 spiro atoms. The van der Waals surface area contributed by atoms with Gasteiger partial charge in [0, 0.05) is 13.1 Å². The molecule has 108 valence electrons. The fourth-order valence-electron chi connectivity index (χ4n) is 2.56. The normalized spacial score (nSPS) is 16.9. The fourth-order valence-corrected chi connectivity index (χ4v) is 2.56. The Morgan fingerprint density at radius 3 is 2.85 bits per heavy atom. The molecule has 1 aliphatic rings. The molecule has 0 saturated carbocycles. The summed E-state index contributed by atoms with van der Waals surface area (Å²) in [5, 5.41) is 2.85. The Bertz CT molecular complexity index is 467. The first-order valence-electron chi connectivity index (χ1n) is 7.04. The first-order valence-corrected chi connectivity index (χ1v) is 7.04. The van der Waals surface area contributed by atoms with E-state index in [-0.39, 0.29) is 11.7 Å². The van der Waals surface area contributed by atoms with Gasteiger partial charge in [0.1, 0.15) is 5.82 Å². The van der Waals surface area contributed by atoms with Gasteiger partial charge in [-0.25, -0.2) is 4.39 Å². The van der Waals surface area contributed by atoms with Crippen LogP contribution in [0.25, 0.3) is 0 Å². The summed E-state index contributed by atoms with van der Waals surface area (Å²) < 4.78 is 13.1. The highest BCUT2D eigenvalue weighted by molar-refractivity contribution is 5.86. The molecule has 1 aromatic carbocycles. The smallest absolute Gasteiger partial charge is 0.243 e. The van der Waals surface area contributed by atoms with E-state index < -0.39 is 0 Å². The van der Waals surface area contributed by atoms with E-state index in [0.717, 1.165) is 44.6 Å². The number of hydrogen-bond donors (Lipinski definition) is 1.